The molecule has 2 N–H and O–H groups in total. The fraction of sp³-hybridized carbons (Fsp3) is 0.600. The minimum Gasteiger partial charge on any atom is -0.493 e. The van der Waals surface area contributed by atoms with Gasteiger partial charge in [0.25, 0.3) is 0 Å². The van der Waals surface area contributed by atoms with E-state index in [1.807, 2.05) is 18.7 Å². The van der Waals surface area contributed by atoms with Crippen molar-refractivity contribution in [1.29, 1.82) is 0 Å². The molecule has 0 bridgehead atoms. The van der Waals surface area contributed by atoms with E-state index in [2.05, 4.69) is 23.1 Å². The molecular weight excluding hydrogens is 288 g/mol. The first-order chi connectivity index (χ1) is 9.85. The summed E-state index contributed by atoms with van der Waals surface area (Å²) in [6.45, 7) is 2.74. The highest BCUT2D eigenvalue weighted by atomic mass is 32.2. The van der Waals surface area contributed by atoms with Gasteiger partial charge in [-0.3, -0.25) is 5.14 Å². The molecule has 110 valence electrons. The fourth-order valence-corrected chi connectivity index (χ4v) is 5.25. The molecule has 1 aliphatic carbocycles. The van der Waals surface area contributed by atoms with Crippen LogP contribution in [-0.4, -0.2) is 17.4 Å². The van der Waals surface area contributed by atoms with Crippen LogP contribution in [0.2, 0.25) is 0 Å². The molecule has 1 heterocycles. The molecule has 1 aromatic rings. The SMILES string of the molecule is CCOc1cccc2c1SC(SN)N2C1CCCCC1. The average Bonchev–Trinajstić information content (AvgIpc) is 2.88. The molecule has 0 radical (unpaired) electrons. The van der Waals surface area contributed by atoms with E-state index in [4.69, 9.17) is 9.88 Å². The lowest BCUT2D eigenvalue weighted by Gasteiger charge is -2.36. The third-order valence-corrected chi connectivity index (χ3v) is 6.22. The van der Waals surface area contributed by atoms with Crippen LogP contribution < -0.4 is 14.8 Å². The highest BCUT2D eigenvalue weighted by Gasteiger charge is 2.37. The van der Waals surface area contributed by atoms with E-state index >= 15 is 0 Å². The molecule has 3 rings (SSSR count). The van der Waals surface area contributed by atoms with E-state index < -0.39 is 0 Å². The van der Waals surface area contributed by atoms with Gasteiger partial charge >= 0.3 is 0 Å². The maximum atomic E-state index is 5.95. The van der Waals surface area contributed by atoms with Crippen LogP contribution in [0.5, 0.6) is 5.75 Å². The van der Waals surface area contributed by atoms with Crippen molar-refractivity contribution in [1.82, 2.24) is 0 Å². The summed E-state index contributed by atoms with van der Waals surface area (Å²) in [5.74, 6) is 1.01. The van der Waals surface area contributed by atoms with Gasteiger partial charge in [-0.25, -0.2) is 0 Å². The van der Waals surface area contributed by atoms with Crippen molar-refractivity contribution in [3.05, 3.63) is 18.2 Å². The number of hydrogen-bond donors (Lipinski definition) is 1. The summed E-state index contributed by atoms with van der Waals surface area (Å²) in [7, 11) is 0. The van der Waals surface area contributed by atoms with Crippen LogP contribution >= 0.6 is 23.7 Å². The predicted molar refractivity (Wildman–Crippen MR) is 88.4 cm³/mol. The molecule has 0 amide bonds. The van der Waals surface area contributed by atoms with E-state index in [0.717, 1.165) is 5.75 Å². The lowest BCUT2D eigenvalue weighted by Crippen LogP contribution is -2.39. The van der Waals surface area contributed by atoms with Gasteiger partial charge in [0.1, 0.15) is 10.5 Å². The first kappa shape index (κ1) is 14.4. The summed E-state index contributed by atoms with van der Waals surface area (Å²) in [6.07, 6.45) is 6.64. The van der Waals surface area contributed by atoms with Crippen molar-refractivity contribution in [2.45, 2.75) is 54.7 Å². The van der Waals surface area contributed by atoms with Crippen LogP contribution in [0.1, 0.15) is 39.0 Å². The molecule has 0 saturated heterocycles. The Balaban J connectivity index is 1.92. The molecule has 1 aliphatic heterocycles. The predicted octanol–water partition coefficient (Wildman–Crippen LogP) is 4.22. The van der Waals surface area contributed by atoms with Crippen LogP contribution in [0.15, 0.2) is 23.1 Å². The molecule has 1 unspecified atom stereocenters. The number of nitrogens with two attached hydrogens (primary N) is 1. The summed E-state index contributed by atoms with van der Waals surface area (Å²) in [6, 6.07) is 7.02. The molecule has 2 aliphatic rings. The third kappa shape index (κ3) is 2.63. The molecule has 1 atom stereocenters. The summed E-state index contributed by atoms with van der Waals surface area (Å²) in [5.41, 5.74) is 1.32. The van der Waals surface area contributed by atoms with Gasteiger partial charge in [-0.05, 0) is 43.8 Å². The number of rotatable bonds is 4. The maximum Gasteiger partial charge on any atom is 0.141 e. The average molecular weight is 310 g/mol. The summed E-state index contributed by atoms with van der Waals surface area (Å²) < 4.78 is 6.07. The minimum absolute atomic E-state index is 0.287. The number of ether oxygens (including phenoxy) is 1. The van der Waals surface area contributed by atoms with Gasteiger partial charge in [-0.1, -0.05) is 37.1 Å². The molecular formula is C15H22N2OS2. The molecule has 1 saturated carbocycles. The van der Waals surface area contributed by atoms with Crippen molar-refractivity contribution in [3.63, 3.8) is 0 Å². The van der Waals surface area contributed by atoms with Crippen molar-refractivity contribution in [2.24, 2.45) is 5.14 Å². The lowest BCUT2D eigenvalue weighted by molar-refractivity contribution is 0.332. The van der Waals surface area contributed by atoms with Crippen LogP contribution in [-0.2, 0) is 0 Å². The van der Waals surface area contributed by atoms with Gasteiger partial charge < -0.3 is 9.64 Å². The number of fused-ring (bicyclic) bond motifs is 1. The second kappa shape index (κ2) is 6.50. The van der Waals surface area contributed by atoms with Crippen LogP contribution in [0, 0.1) is 0 Å². The van der Waals surface area contributed by atoms with Crippen LogP contribution in [0.3, 0.4) is 0 Å². The molecule has 0 spiro atoms. The number of hydrogen-bond acceptors (Lipinski definition) is 5. The number of thioether (sulfide) groups is 1. The standard InChI is InChI=1S/C15H22N2OS2/c1-2-18-13-10-6-9-12-14(13)19-15(20-16)17(12)11-7-4-3-5-8-11/h6,9-11,15H,2-5,7-8,16H2,1H3. The number of nitrogens with zero attached hydrogens (tertiary/aromatic N) is 1. The minimum atomic E-state index is 0.287. The molecule has 1 aromatic carbocycles. The summed E-state index contributed by atoms with van der Waals surface area (Å²) in [4.78, 5) is 3.80. The van der Waals surface area contributed by atoms with Gasteiger partial charge in [0.2, 0.25) is 0 Å². The van der Waals surface area contributed by atoms with E-state index in [-0.39, 0.29) is 4.71 Å². The Bertz CT molecular complexity index is 463. The zero-order valence-corrected chi connectivity index (χ0v) is 13.5. The van der Waals surface area contributed by atoms with Crippen LogP contribution in [0.4, 0.5) is 5.69 Å². The van der Waals surface area contributed by atoms with Gasteiger partial charge in [0, 0.05) is 6.04 Å². The van der Waals surface area contributed by atoms with Crippen LogP contribution in [0.25, 0.3) is 0 Å². The Hall–Kier alpha value is -0.520. The van der Waals surface area contributed by atoms with E-state index in [1.165, 1.54) is 54.6 Å². The zero-order valence-electron chi connectivity index (χ0n) is 11.9. The van der Waals surface area contributed by atoms with Gasteiger partial charge in [-0.2, -0.15) is 0 Å². The summed E-state index contributed by atoms with van der Waals surface area (Å²) in [5, 5.41) is 5.95. The van der Waals surface area contributed by atoms with Crippen molar-refractivity contribution < 1.29 is 4.74 Å². The first-order valence-corrected chi connectivity index (χ1v) is 9.23. The van der Waals surface area contributed by atoms with Gasteiger partial charge in [-0.15, -0.1) is 0 Å². The van der Waals surface area contributed by atoms with E-state index in [9.17, 15) is 0 Å². The fourth-order valence-electron chi connectivity index (χ4n) is 3.19. The Morgan fingerprint density at radius 2 is 2.15 bits per heavy atom. The number of benzene rings is 1. The smallest absolute Gasteiger partial charge is 0.141 e. The third-order valence-electron chi connectivity index (χ3n) is 4.07. The molecule has 20 heavy (non-hydrogen) atoms. The monoisotopic (exact) mass is 310 g/mol. The Morgan fingerprint density at radius 1 is 1.35 bits per heavy atom. The second-order valence-electron chi connectivity index (χ2n) is 5.30. The van der Waals surface area contributed by atoms with Crippen molar-refractivity contribution in [2.75, 3.05) is 11.5 Å². The van der Waals surface area contributed by atoms with E-state index in [0.29, 0.717) is 12.6 Å². The topological polar surface area (TPSA) is 38.5 Å². The Morgan fingerprint density at radius 3 is 2.85 bits per heavy atom. The maximum absolute atomic E-state index is 5.95. The van der Waals surface area contributed by atoms with E-state index in [1.54, 1.807) is 0 Å². The highest BCUT2D eigenvalue weighted by Crippen LogP contribution is 2.52. The Labute approximate surface area is 129 Å². The van der Waals surface area contributed by atoms with Gasteiger partial charge in [0.05, 0.1) is 17.2 Å². The first-order valence-electron chi connectivity index (χ1n) is 7.41. The molecule has 3 nitrogen and oxygen atoms in total. The van der Waals surface area contributed by atoms with Gasteiger partial charge in [0.15, 0.2) is 0 Å². The molecule has 5 heteroatoms. The largest absolute Gasteiger partial charge is 0.493 e. The quantitative estimate of drug-likeness (QED) is 0.843. The zero-order chi connectivity index (χ0) is 13.9. The highest BCUT2D eigenvalue weighted by molar-refractivity contribution is 8.16. The Kier molecular flexibility index (Phi) is 4.68. The lowest BCUT2D eigenvalue weighted by atomic mass is 9.94. The number of anilines is 1. The second-order valence-corrected chi connectivity index (χ2v) is 7.41. The van der Waals surface area contributed by atoms with Crippen molar-refractivity contribution >= 4 is 29.4 Å². The van der Waals surface area contributed by atoms with Crippen molar-refractivity contribution in [3.8, 4) is 5.75 Å². The molecule has 1 fully saturated rings. The summed E-state index contributed by atoms with van der Waals surface area (Å²) >= 11 is 3.29. The normalized spacial score (nSPS) is 22.9. The molecule has 0 aromatic heterocycles.